The van der Waals surface area contributed by atoms with Gasteiger partial charge in [-0.3, -0.25) is 0 Å². The van der Waals surface area contributed by atoms with E-state index in [9.17, 15) is 4.79 Å². The highest BCUT2D eigenvalue weighted by atomic mass is 28.4. The molecule has 0 unspecified atom stereocenters. The van der Waals surface area contributed by atoms with Gasteiger partial charge in [-0.25, -0.2) is 4.79 Å². The zero-order valence-electron chi connectivity index (χ0n) is 19.5. The van der Waals surface area contributed by atoms with Crippen molar-refractivity contribution in [2.45, 2.75) is 89.9 Å². The molecule has 0 radical (unpaired) electrons. The quantitative estimate of drug-likeness (QED) is 0.0701. The first kappa shape index (κ1) is 26.9. The van der Waals surface area contributed by atoms with Crippen molar-refractivity contribution in [1.29, 1.82) is 0 Å². The Morgan fingerprint density at radius 1 is 0.821 bits per heavy atom. The summed E-state index contributed by atoms with van der Waals surface area (Å²) in [6, 6.07) is 7.79. The average Bonchev–Trinajstić information content (AvgIpc) is 2.73. The minimum Gasteiger partial charge on any atom is -0.490 e. The molecule has 0 heterocycles. The molecular weight excluding hydrogens is 380 g/mol. The van der Waals surface area contributed by atoms with Crippen molar-refractivity contribution in [3.63, 3.8) is 0 Å². The Hall–Kier alpha value is -1.08. The number of hydrogen-bond donors (Lipinski definition) is 0. The molecule has 0 aliphatic heterocycles. The maximum Gasteiger partial charge on any atom is 0.330 e. The van der Waals surface area contributed by atoms with Gasteiger partial charge in [0.2, 0.25) is 0 Å². The van der Waals surface area contributed by atoms with E-state index in [0.717, 1.165) is 5.76 Å². The summed E-state index contributed by atoms with van der Waals surface area (Å²) in [5, 5.41) is 0.645. The SMILES string of the molecule is C=CCOC(=C\C([Si](CC)(CC)CC)[Si](CC)(CC)CC)/C=C/C(=O)OCC. The fourth-order valence-electron chi connectivity index (χ4n) is 4.63. The molecule has 162 valence electrons. The maximum atomic E-state index is 11.8. The van der Waals surface area contributed by atoms with Crippen LogP contribution in [0.25, 0.3) is 0 Å². The van der Waals surface area contributed by atoms with Crippen LogP contribution in [0.4, 0.5) is 0 Å². The molecule has 0 atom stereocenters. The van der Waals surface area contributed by atoms with Crippen molar-refractivity contribution in [1.82, 2.24) is 0 Å². The summed E-state index contributed by atoms with van der Waals surface area (Å²) in [6.45, 7) is 20.8. The molecule has 0 aromatic heterocycles. The summed E-state index contributed by atoms with van der Waals surface area (Å²) in [4.78, 5) is 11.8. The lowest BCUT2D eigenvalue weighted by molar-refractivity contribution is -0.137. The zero-order valence-corrected chi connectivity index (χ0v) is 21.5. The summed E-state index contributed by atoms with van der Waals surface area (Å²) in [7, 11) is -2.98. The molecule has 0 saturated carbocycles. The smallest absolute Gasteiger partial charge is 0.330 e. The summed E-state index contributed by atoms with van der Waals surface area (Å²) >= 11 is 0. The van der Waals surface area contributed by atoms with Crippen molar-refractivity contribution in [3.8, 4) is 0 Å². The van der Waals surface area contributed by atoms with Crippen molar-refractivity contribution < 1.29 is 14.3 Å². The average molecular weight is 425 g/mol. The molecule has 5 heteroatoms. The highest BCUT2D eigenvalue weighted by molar-refractivity contribution is 7.00. The monoisotopic (exact) mass is 424 g/mol. The summed E-state index contributed by atoms with van der Waals surface area (Å²) < 4.78 is 11.1. The van der Waals surface area contributed by atoms with Crippen molar-refractivity contribution in [2.24, 2.45) is 0 Å². The van der Waals surface area contributed by atoms with E-state index in [1.165, 1.54) is 42.3 Å². The molecule has 0 aliphatic carbocycles. The number of esters is 1. The number of rotatable bonds is 15. The lowest BCUT2D eigenvalue weighted by Crippen LogP contribution is -2.52. The third-order valence-corrected chi connectivity index (χ3v) is 22.0. The largest absolute Gasteiger partial charge is 0.490 e. The van der Waals surface area contributed by atoms with Crippen LogP contribution in [0.1, 0.15) is 48.5 Å². The molecule has 0 aliphatic rings. The second-order valence-corrected chi connectivity index (χ2v) is 19.1. The van der Waals surface area contributed by atoms with Crippen LogP contribution in [-0.4, -0.2) is 35.3 Å². The molecule has 0 aromatic carbocycles. The lowest BCUT2D eigenvalue weighted by atomic mass is 10.4. The van der Waals surface area contributed by atoms with Gasteiger partial charge < -0.3 is 9.47 Å². The van der Waals surface area contributed by atoms with Gasteiger partial charge in [-0.15, -0.1) is 0 Å². The Labute approximate surface area is 176 Å². The van der Waals surface area contributed by atoms with Crippen LogP contribution >= 0.6 is 0 Å². The Morgan fingerprint density at radius 3 is 1.64 bits per heavy atom. The highest BCUT2D eigenvalue weighted by Crippen LogP contribution is 2.46. The Morgan fingerprint density at radius 2 is 1.29 bits per heavy atom. The van der Waals surface area contributed by atoms with Gasteiger partial charge in [0.1, 0.15) is 12.4 Å². The molecule has 0 N–H and O–H groups in total. The molecule has 0 rings (SSSR count). The number of carbonyl (C=O) groups excluding carboxylic acids is 1. The van der Waals surface area contributed by atoms with Gasteiger partial charge >= 0.3 is 5.97 Å². The molecule has 0 saturated heterocycles. The fourth-order valence-corrected chi connectivity index (χ4v) is 20.2. The van der Waals surface area contributed by atoms with Gasteiger partial charge in [0.15, 0.2) is 0 Å². The predicted octanol–water partition coefficient (Wildman–Crippen LogP) is 7.12. The van der Waals surface area contributed by atoms with Crippen LogP contribution in [-0.2, 0) is 14.3 Å². The lowest BCUT2D eigenvalue weighted by Gasteiger charge is -2.47. The normalized spacial score (nSPS) is 13.2. The van der Waals surface area contributed by atoms with E-state index >= 15 is 0 Å². The summed E-state index contributed by atoms with van der Waals surface area (Å²) in [5.74, 6) is 0.486. The van der Waals surface area contributed by atoms with Crippen molar-refractivity contribution >= 4 is 22.1 Å². The van der Waals surface area contributed by atoms with Gasteiger partial charge in [-0.2, -0.15) is 0 Å². The van der Waals surface area contributed by atoms with Crippen LogP contribution in [0.2, 0.25) is 41.4 Å². The molecule has 0 fully saturated rings. The standard InChI is InChI=1S/C23H44O3Si2/c1-9-19-26-21(17-18-22(24)25-10-2)20-23(27(11-3,12-4)13-5)28(14-6,15-7)16-8/h9,17-18,20,23H,1,10-16,19H2,2-8H3/b18-17+,21-20-. The van der Waals surface area contributed by atoms with E-state index in [4.69, 9.17) is 9.47 Å². The molecule has 0 aromatic rings. The van der Waals surface area contributed by atoms with Gasteiger partial charge in [-0.05, 0) is 24.2 Å². The van der Waals surface area contributed by atoms with Crippen molar-refractivity contribution in [3.05, 3.63) is 36.6 Å². The van der Waals surface area contributed by atoms with Crippen LogP contribution in [0.5, 0.6) is 0 Å². The molecule has 0 bridgehead atoms. The Bertz CT molecular complexity index is 481. The van der Waals surface area contributed by atoms with E-state index in [1.807, 2.05) is 6.92 Å². The zero-order chi connectivity index (χ0) is 21.6. The van der Waals surface area contributed by atoms with E-state index in [1.54, 1.807) is 12.2 Å². The molecule has 0 amide bonds. The molecular formula is C23H44O3Si2. The third-order valence-electron chi connectivity index (χ3n) is 6.91. The van der Waals surface area contributed by atoms with Gasteiger partial charge in [0.25, 0.3) is 0 Å². The fraction of sp³-hybridized carbons (Fsp3) is 0.696. The first-order chi connectivity index (χ1) is 13.4. The first-order valence-electron chi connectivity index (χ1n) is 11.2. The van der Waals surface area contributed by atoms with Crippen LogP contribution in [0.15, 0.2) is 36.6 Å². The molecule has 3 nitrogen and oxygen atoms in total. The number of allylic oxidation sites excluding steroid dienone is 2. The Kier molecular flexibility index (Phi) is 13.5. The molecule has 0 spiro atoms. The van der Waals surface area contributed by atoms with Gasteiger partial charge in [-0.1, -0.05) is 90.5 Å². The second-order valence-electron chi connectivity index (χ2n) is 7.58. The van der Waals surface area contributed by atoms with E-state index in [-0.39, 0.29) is 5.97 Å². The van der Waals surface area contributed by atoms with Crippen LogP contribution in [0, 0.1) is 0 Å². The number of hydrogen-bond acceptors (Lipinski definition) is 3. The van der Waals surface area contributed by atoms with Crippen LogP contribution < -0.4 is 0 Å². The van der Waals surface area contributed by atoms with Crippen molar-refractivity contribution in [2.75, 3.05) is 13.2 Å². The van der Waals surface area contributed by atoms with Gasteiger partial charge in [0.05, 0.1) is 22.8 Å². The van der Waals surface area contributed by atoms with E-state index in [0.29, 0.717) is 18.4 Å². The third kappa shape index (κ3) is 7.07. The summed E-state index contributed by atoms with van der Waals surface area (Å²) in [5.41, 5.74) is 0. The Balaban J connectivity index is 6.36. The number of carbonyl (C=O) groups is 1. The second kappa shape index (κ2) is 14.0. The number of ether oxygens (including phenoxy) is 2. The first-order valence-corrected chi connectivity index (χ1v) is 16.6. The predicted molar refractivity (Wildman–Crippen MR) is 128 cm³/mol. The van der Waals surface area contributed by atoms with E-state index < -0.39 is 16.1 Å². The maximum absolute atomic E-state index is 11.8. The minimum atomic E-state index is -1.49. The summed E-state index contributed by atoms with van der Waals surface area (Å²) in [6.07, 6.45) is 7.46. The van der Waals surface area contributed by atoms with Crippen LogP contribution in [0.3, 0.4) is 0 Å². The van der Waals surface area contributed by atoms with Gasteiger partial charge in [0, 0.05) is 6.08 Å². The minimum absolute atomic E-state index is 0.317. The topological polar surface area (TPSA) is 35.5 Å². The van der Waals surface area contributed by atoms with E-state index in [2.05, 4.69) is 54.2 Å². The molecule has 28 heavy (non-hydrogen) atoms. The highest BCUT2D eigenvalue weighted by Gasteiger charge is 2.47.